The van der Waals surface area contributed by atoms with E-state index in [0.717, 1.165) is 57.1 Å². The lowest BCUT2D eigenvalue weighted by molar-refractivity contribution is 0.193. The van der Waals surface area contributed by atoms with Gasteiger partial charge in [0.2, 0.25) is 0 Å². The van der Waals surface area contributed by atoms with E-state index < -0.39 is 6.09 Å². The molecule has 6 nitrogen and oxygen atoms in total. The summed E-state index contributed by atoms with van der Waals surface area (Å²) in [5.74, 6) is 0.756. The van der Waals surface area contributed by atoms with Crippen LogP contribution in [0.4, 0.5) is 4.79 Å². The molecule has 1 saturated carbocycles. The van der Waals surface area contributed by atoms with Crippen molar-refractivity contribution in [2.75, 3.05) is 13.7 Å². The first-order valence-electron chi connectivity index (χ1n) is 10.1. The molecule has 3 N–H and O–H groups in total. The molecule has 2 heterocycles. The molecule has 0 bridgehead atoms. The molecular formula is C24H22N2O4S. The highest BCUT2D eigenvalue weighted by atomic mass is 32.1. The first-order valence-corrected chi connectivity index (χ1v) is 11.0. The summed E-state index contributed by atoms with van der Waals surface area (Å²) in [6, 6.07) is 12.2. The minimum absolute atomic E-state index is 0.0753. The highest BCUT2D eigenvalue weighted by molar-refractivity contribution is 7.17. The van der Waals surface area contributed by atoms with Crippen molar-refractivity contribution in [3.05, 3.63) is 63.3 Å². The minimum Gasteiger partial charge on any atom is -0.496 e. The number of fused-ring (bicyclic) bond motifs is 3. The van der Waals surface area contributed by atoms with Gasteiger partial charge in [0.15, 0.2) is 0 Å². The van der Waals surface area contributed by atoms with Gasteiger partial charge in [-0.05, 0) is 54.0 Å². The van der Waals surface area contributed by atoms with E-state index >= 15 is 0 Å². The fourth-order valence-corrected chi connectivity index (χ4v) is 5.27. The van der Waals surface area contributed by atoms with Gasteiger partial charge in [-0.15, -0.1) is 11.3 Å². The summed E-state index contributed by atoms with van der Waals surface area (Å²) in [5, 5.41) is 15.3. The predicted molar refractivity (Wildman–Crippen MR) is 124 cm³/mol. The number of H-pyrrole nitrogens is 1. The Morgan fingerprint density at radius 3 is 2.65 bits per heavy atom. The maximum absolute atomic E-state index is 12.6. The van der Waals surface area contributed by atoms with Crippen LogP contribution in [0.3, 0.4) is 0 Å². The van der Waals surface area contributed by atoms with E-state index in [1.54, 1.807) is 7.11 Å². The third kappa shape index (κ3) is 3.16. The van der Waals surface area contributed by atoms with E-state index in [1.165, 1.54) is 11.3 Å². The molecule has 0 saturated heterocycles. The molecule has 0 radical (unpaired) electrons. The van der Waals surface area contributed by atoms with Gasteiger partial charge in [-0.25, -0.2) is 4.79 Å². The molecular weight excluding hydrogens is 412 g/mol. The molecule has 0 aliphatic heterocycles. The number of amides is 1. The molecule has 5 rings (SSSR count). The van der Waals surface area contributed by atoms with Crippen LogP contribution in [-0.2, 0) is 5.41 Å². The van der Waals surface area contributed by atoms with E-state index in [4.69, 9.17) is 9.84 Å². The van der Waals surface area contributed by atoms with Crippen LogP contribution in [0.1, 0.15) is 24.0 Å². The van der Waals surface area contributed by atoms with E-state index in [1.807, 2.05) is 24.4 Å². The van der Waals surface area contributed by atoms with Gasteiger partial charge in [0.05, 0.1) is 12.6 Å². The summed E-state index contributed by atoms with van der Waals surface area (Å²) in [6.45, 7) is 2.40. The molecule has 0 unspecified atom stereocenters. The fourth-order valence-electron chi connectivity index (χ4n) is 4.47. The second-order valence-corrected chi connectivity index (χ2v) is 9.07. The van der Waals surface area contributed by atoms with E-state index in [-0.39, 0.29) is 11.0 Å². The molecule has 2 aromatic carbocycles. The number of aromatic amines is 1. The quantitative estimate of drug-likeness (QED) is 0.411. The Balaban J connectivity index is 1.68. The second kappa shape index (κ2) is 7.13. The number of methoxy groups -OCH3 is 1. The van der Waals surface area contributed by atoms with Crippen molar-refractivity contribution in [3.8, 4) is 16.9 Å². The first kappa shape index (κ1) is 19.6. The Morgan fingerprint density at radius 2 is 2.00 bits per heavy atom. The van der Waals surface area contributed by atoms with Gasteiger partial charge in [-0.3, -0.25) is 4.79 Å². The van der Waals surface area contributed by atoms with Crippen molar-refractivity contribution in [2.45, 2.75) is 25.2 Å². The smallest absolute Gasteiger partial charge is 0.404 e. The van der Waals surface area contributed by atoms with Crippen molar-refractivity contribution < 1.29 is 14.6 Å². The highest BCUT2D eigenvalue weighted by Gasteiger charge is 2.44. The number of nitrogens with one attached hydrogen (secondary N) is 2. The summed E-state index contributed by atoms with van der Waals surface area (Å²) in [5.41, 5.74) is 4.66. The number of carboxylic acid groups (broad SMARTS) is 1. The second-order valence-electron chi connectivity index (χ2n) is 8.15. The number of thiophene rings is 1. The number of aromatic nitrogens is 1. The molecule has 0 spiro atoms. The number of hydrogen-bond acceptors (Lipinski definition) is 4. The van der Waals surface area contributed by atoms with Crippen molar-refractivity contribution in [2.24, 2.45) is 0 Å². The summed E-state index contributed by atoms with van der Waals surface area (Å²) >= 11 is 1.43. The zero-order valence-electron chi connectivity index (χ0n) is 17.2. The number of rotatable bonds is 5. The Morgan fingerprint density at radius 1 is 1.26 bits per heavy atom. The van der Waals surface area contributed by atoms with Crippen LogP contribution in [0.2, 0.25) is 0 Å². The van der Waals surface area contributed by atoms with Gasteiger partial charge in [-0.1, -0.05) is 24.3 Å². The summed E-state index contributed by atoms with van der Waals surface area (Å²) in [4.78, 5) is 26.5. The molecule has 4 aromatic rings. The van der Waals surface area contributed by atoms with E-state index in [0.29, 0.717) is 11.2 Å². The maximum Gasteiger partial charge on any atom is 0.404 e. The first-order chi connectivity index (χ1) is 14.9. The fraction of sp³-hybridized carbons (Fsp3) is 0.250. The van der Waals surface area contributed by atoms with E-state index in [2.05, 4.69) is 34.6 Å². The van der Waals surface area contributed by atoms with Crippen LogP contribution in [0, 0.1) is 6.92 Å². The summed E-state index contributed by atoms with van der Waals surface area (Å²) in [6.07, 6.45) is 0.952. The molecule has 1 aliphatic rings. The standard InChI is InChI=1S/C24H22N2O4S/c1-13-11-17(30-2)18(19-16-7-10-31-21(16)22(27)26-20(13)19)14-3-5-15(6-4-14)24(8-9-24)12-25-23(28)29/h3-7,10-11,25H,8-9,12H2,1-2H3,(H,26,27)(H,28,29). The molecule has 1 amide bonds. The lowest BCUT2D eigenvalue weighted by atomic mass is 9.91. The van der Waals surface area contributed by atoms with Crippen molar-refractivity contribution in [3.63, 3.8) is 0 Å². The monoisotopic (exact) mass is 434 g/mol. The third-order valence-corrected chi connectivity index (χ3v) is 7.22. The predicted octanol–water partition coefficient (Wildman–Crippen LogP) is 5.03. The Labute approximate surface area is 182 Å². The van der Waals surface area contributed by atoms with E-state index in [9.17, 15) is 9.59 Å². The van der Waals surface area contributed by atoms with Gasteiger partial charge in [0.25, 0.3) is 5.56 Å². The highest BCUT2D eigenvalue weighted by Crippen LogP contribution is 2.48. The SMILES string of the molecule is COc1cc(C)c2[nH]c(=O)c3sccc3c2c1-c1ccc(C2(CNC(=O)O)CC2)cc1. The number of pyridine rings is 1. The van der Waals surface area contributed by atoms with Crippen LogP contribution in [0.15, 0.2) is 46.6 Å². The number of aryl methyl sites for hydroxylation is 1. The Kier molecular flexibility index (Phi) is 4.51. The minimum atomic E-state index is -0.993. The van der Waals surface area contributed by atoms with Crippen LogP contribution in [0.25, 0.3) is 32.1 Å². The Bertz CT molecular complexity index is 1380. The van der Waals surface area contributed by atoms with Gasteiger partial charge in [-0.2, -0.15) is 0 Å². The largest absolute Gasteiger partial charge is 0.496 e. The molecule has 7 heteroatoms. The molecule has 158 valence electrons. The summed E-state index contributed by atoms with van der Waals surface area (Å²) in [7, 11) is 1.66. The number of hydrogen-bond donors (Lipinski definition) is 3. The molecule has 1 fully saturated rings. The zero-order valence-corrected chi connectivity index (χ0v) is 18.1. The van der Waals surface area contributed by atoms with Crippen LogP contribution >= 0.6 is 11.3 Å². The number of benzene rings is 2. The van der Waals surface area contributed by atoms with Crippen molar-refractivity contribution in [1.82, 2.24) is 10.3 Å². The topological polar surface area (TPSA) is 91.4 Å². The zero-order chi connectivity index (χ0) is 21.8. The van der Waals surface area contributed by atoms with Crippen molar-refractivity contribution >= 4 is 38.4 Å². The number of carbonyl (C=O) groups is 1. The lowest BCUT2D eigenvalue weighted by Crippen LogP contribution is -2.30. The van der Waals surface area contributed by atoms with Crippen LogP contribution < -0.4 is 15.6 Å². The Hall–Kier alpha value is -3.32. The van der Waals surface area contributed by atoms with Gasteiger partial charge < -0.3 is 20.1 Å². The molecule has 2 aromatic heterocycles. The number of ether oxygens (including phenoxy) is 1. The van der Waals surface area contributed by atoms with Gasteiger partial charge in [0, 0.05) is 28.3 Å². The maximum atomic E-state index is 12.6. The molecule has 0 atom stereocenters. The third-order valence-electron chi connectivity index (χ3n) is 6.31. The van der Waals surface area contributed by atoms with Crippen LogP contribution in [0.5, 0.6) is 5.75 Å². The van der Waals surface area contributed by atoms with Crippen molar-refractivity contribution in [1.29, 1.82) is 0 Å². The average Bonchev–Trinajstić information content (AvgIpc) is 3.39. The van der Waals surface area contributed by atoms with Crippen LogP contribution in [-0.4, -0.2) is 29.8 Å². The molecule has 31 heavy (non-hydrogen) atoms. The van der Waals surface area contributed by atoms with Gasteiger partial charge in [0.1, 0.15) is 10.4 Å². The normalized spacial score (nSPS) is 14.6. The van der Waals surface area contributed by atoms with Gasteiger partial charge >= 0.3 is 6.09 Å². The molecule has 1 aliphatic carbocycles. The average molecular weight is 435 g/mol. The summed E-state index contributed by atoms with van der Waals surface area (Å²) < 4.78 is 6.46. The lowest BCUT2D eigenvalue weighted by Gasteiger charge is -2.18.